The van der Waals surface area contributed by atoms with Crippen molar-refractivity contribution >= 4 is 11.8 Å². The van der Waals surface area contributed by atoms with Gasteiger partial charge in [0.15, 0.2) is 5.16 Å². The number of hydrogen-bond donors (Lipinski definition) is 0. The Labute approximate surface area is 147 Å². The van der Waals surface area contributed by atoms with Gasteiger partial charge < -0.3 is 4.57 Å². The van der Waals surface area contributed by atoms with E-state index in [0.717, 1.165) is 16.7 Å². The van der Waals surface area contributed by atoms with Gasteiger partial charge in [-0.2, -0.15) is 0 Å². The average molecular weight is 335 g/mol. The summed E-state index contributed by atoms with van der Waals surface area (Å²) >= 11 is 1.76. The fourth-order valence-corrected chi connectivity index (χ4v) is 4.13. The highest BCUT2D eigenvalue weighted by molar-refractivity contribution is 7.98. The Balaban J connectivity index is 1.44. The summed E-state index contributed by atoms with van der Waals surface area (Å²) in [7, 11) is 2.09. The van der Waals surface area contributed by atoms with Crippen molar-refractivity contribution in [2.45, 2.75) is 36.1 Å². The normalized spacial score (nSPS) is 19.4. The number of nitrogens with zero attached hydrogens (tertiary/aromatic N) is 3. The summed E-state index contributed by atoms with van der Waals surface area (Å²) in [5, 5.41) is 9.90. The lowest BCUT2D eigenvalue weighted by molar-refractivity contribution is 0.730. The molecule has 4 rings (SSSR count). The number of benzene rings is 2. The molecule has 2 unspecified atom stereocenters. The Hall–Kier alpha value is -2.07. The Bertz CT molecular complexity index is 841. The van der Waals surface area contributed by atoms with Gasteiger partial charge in [-0.15, -0.1) is 10.2 Å². The molecule has 0 bridgehead atoms. The smallest absolute Gasteiger partial charge is 0.191 e. The molecule has 122 valence electrons. The van der Waals surface area contributed by atoms with Gasteiger partial charge in [0.25, 0.3) is 0 Å². The zero-order chi connectivity index (χ0) is 16.5. The molecule has 1 aliphatic rings. The van der Waals surface area contributed by atoms with Crippen molar-refractivity contribution in [2.75, 3.05) is 0 Å². The summed E-state index contributed by atoms with van der Waals surface area (Å²) in [5.41, 5.74) is 4.05. The molecular weight excluding hydrogens is 314 g/mol. The monoisotopic (exact) mass is 335 g/mol. The van der Waals surface area contributed by atoms with E-state index in [9.17, 15) is 0 Å². The van der Waals surface area contributed by atoms with Crippen LogP contribution in [0.2, 0.25) is 0 Å². The van der Waals surface area contributed by atoms with Crippen LogP contribution in [0.3, 0.4) is 0 Å². The number of hydrogen-bond acceptors (Lipinski definition) is 3. The van der Waals surface area contributed by atoms with E-state index in [0.29, 0.717) is 11.8 Å². The van der Waals surface area contributed by atoms with Crippen LogP contribution in [0, 0.1) is 6.92 Å². The van der Waals surface area contributed by atoms with E-state index >= 15 is 0 Å². The fraction of sp³-hybridized carbons (Fsp3) is 0.300. The van der Waals surface area contributed by atoms with Crippen LogP contribution in [0.1, 0.15) is 40.8 Å². The predicted octanol–water partition coefficient (Wildman–Crippen LogP) is 4.69. The molecule has 4 heteroatoms. The number of aromatic nitrogens is 3. The molecule has 3 aromatic rings. The lowest BCUT2D eigenvalue weighted by Gasteiger charge is -2.05. The topological polar surface area (TPSA) is 30.7 Å². The van der Waals surface area contributed by atoms with Gasteiger partial charge in [-0.1, -0.05) is 71.9 Å². The van der Waals surface area contributed by atoms with E-state index in [1.54, 1.807) is 11.8 Å². The maximum absolute atomic E-state index is 4.48. The van der Waals surface area contributed by atoms with Crippen molar-refractivity contribution in [3.8, 4) is 0 Å². The van der Waals surface area contributed by atoms with E-state index in [1.807, 2.05) is 0 Å². The third-order valence-corrected chi connectivity index (χ3v) is 5.76. The van der Waals surface area contributed by atoms with Crippen molar-refractivity contribution in [2.24, 2.45) is 7.05 Å². The Kier molecular flexibility index (Phi) is 4.15. The maximum Gasteiger partial charge on any atom is 0.191 e. The molecule has 0 radical (unpaired) electrons. The molecule has 1 fully saturated rings. The maximum atomic E-state index is 4.48. The van der Waals surface area contributed by atoms with Gasteiger partial charge in [0.1, 0.15) is 5.82 Å². The summed E-state index contributed by atoms with van der Waals surface area (Å²) in [5.74, 6) is 3.16. The van der Waals surface area contributed by atoms with Crippen molar-refractivity contribution in [1.29, 1.82) is 0 Å². The minimum absolute atomic E-state index is 0.512. The Morgan fingerprint density at radius 2 is 1.88 bits per heavy atom. The number of aryl methyl sites for hydroxylation is 1. The molecule has 0 N–H and O–H groups in total. The van der Waals surface area contributed by atoms with Crippen molar-refractivity contribution in [3.05, 3.63) is 77.1 Å². The quantitative estimate of drug-likeness (QED) is 0.634. The molecule has 24 heavy (non-hydrogen) atoms. The summed E-state index contributed by atoms with van der Waals surface area (Å²) in [6.07, 6.45) is 1.18. The van der Waals surface area contributed by atoms with Crippen LogP contribution < -0.4 is 0 Å². The predicted molar refractivity (Wildman–Crippen MR) is 98.3 cm³/mol. The molecule has 1 aromatic heterocycles. The minimum Gasteiger partial charge on any atom is -0.309 e. The zero-order valence-electron chi connectivity index (χ0n) is 14.0. The third kappa shape index (κ3) is 3.11. The van der Waals surface area contributed by atoms with Crippen LogP contribution in [0.25, 0.3) is 0 Å². The summed E-state index contributed by atoms with van der Waals surface area (Å²) < 4.78 is 2.17. The van der Waals surface area contributed by atoms with Gasteiger partial charge in [-0.3, -0.25) is 0 Å². The van der Waals surface area contributed by atoms with Crippen LogP contribution in [0.5, 0.6) is 0 Å². The first-order valence-electron chi connectivity index (χ1n) is 8.35. The van der Waals surface area contributed by atoms with Gasteiger partial charge in [0, 0.05) is 18.7 Å². The van der Waals surface area contributed by atoms with Crippen LogP contribution in [-0.4, -0.2) is 14.8 Å². The standard InChI is InChI=1S/C20H21N3S/c1-14-7-6-8-15(11-14)13-24-20-22-21-19(23(20)2)18-12-17(18)16-9-4-3-5-10-16/h3-11,17-18H,12-13H2,1-2H3. The van der Waals surface area contributed by atoms with E-state index in [1.165, 1.54) is 23.1 Å². The van der Waals surface area contributed by atoms with Crippen LogP contribution in [0.15, 0.2) is 59.8 Å². The highest BCUT2D eigenvalue weighted by Gasteiger charge is 2.42. The molecule has 3 nitrogen and oxygen atoms in total. The molecule has 0 saturated heterocycles. The van der Waals surface area contributed by atoms with Crippen molar-refractivity contribution in [3.63, 3.8) is 0 Å². The van der Waals surface area contributed by atoms with Gasteiger partial charge in [0.05, 0.1) is 0 Å². The van der Waals surface area contributed by atoms with Gasteiger partial charge in [0.2, 0.25) is 0 Å². The van der Waals surface area contributed by atoms with Crippen LogP contribution in [0.4, 0.5) is 0 Å². The minimum atomic E-state index is 0.512. The zero-order valence-corrected chi connectivity index (χ0v) is 14.8. The second-order valence-electron chi connectivity index (χ2n) is 6.54. The Morgan fingerprint density at radius 1 is 1.04 bits per heavy atom. The molecular formula is C20H21N3S. The van der Waals surface area contributed by atoms with Crippen molar-refractivity contribution in [1.82, 2.24) is 14.8 Å². The van der Waals surface area contributed by atoms with Crippen molar-refractivity contribution < 1.29 is 0 Å². The number of thioether (sulfide) groups is 1. The molecule has 0 spiro atoms. The third-order valence-electron chi connectivity index (χ3n) is 4.67. The summed E-state index contributed by atoms with van der Waals surface area (Å²) in [4.78, 5) is 0. The van der Waals surface area contributed by atoms with E-state index in [4.69, 9.17) is 0 Å². The molecule has 1 heterocycles. The van der Waals surface area contributed by atoms with E-state index in [-0.39, 0.29) is 0 Å². The Morgan fingerprint density at radius 3 is 2.67 bits per heavy atom. The van der Waals surface area contributed by atoms with Gasteiger partial charge in [-0.25, -0.2) is 0 Å². The largest absolute Gasteiger partial charge is 0.309 e. The SMILES string of the molecule is Cc1cccc(CSc2nnc(C3CC3c3ccccc3)n2C)c1. The molecule has 2 atom stereocenters. The first kappa shape index (κ1) is 15.5. The first-order chi connectivity index (χ1) is 11.7. The molecule has 1 aliphatic carbocycles. The second-order valence-corrected chi connectivity index (χ2v) is 7.48. The average Bonchev–Trinajstić information content (AvgIpc) is 3.31. The summed E-state index contributed by atoms with van der Waals surface area (Å²) in [6, 6.07) is 19.4. The first-order valence-corrected chi connectivity index (χ1v) is 9.33. The molecule has 0 amide bonds. The molecule has 0 aliphatic heterocycles. The lowest BCUT2D eigenvalue weighted by Crippen LogP contribution is -1.98. The van der Waals surface area contributed by atoms with Crippen LogP contribution >= 0.6 is 11.8 Å². The van der Waals surface area contributed by atoms with Crippen LogP contribution in [-0.2, 0) is 12.8 Å². The molecule has 1 saturated carbocycles. The fourth-order valence-electron chi connectivity index (χ4n) is 3.27. The highest BCUT2D eigenvalue weighted by Crippen LogP contribution is 2.54. The highest BCUT2D eigenvalue weighted by atomic mass is 32.2. The summed E-state index contributed by atoms with van der Waals surface area (Å²) in [6.45, 7) is 2.13. The number of rotatable bonds is 5. The molecule has 2 aromatic carbocycles. The van der Waals surface area contributed by atoms with Gasteiger partial charge in [-0.05, 0) is 30.4 Å². The van der Waals surface area contributed by atoms with Gasteiger partial charge >= 0.3 is 0 Å². The second kappa shape index (κ2) is 6.44. The van der Waals surface area contributed by atoms with E-state index in [2.05, 4.69) is 83.3 Å². The lowest BCUT2D eigenvalue weighted by atomic mass is 10.1. The van der Waals surface area contributed by atoms with E-state index < -0.39 is 0 Å².